The summed E-state index contributed by atoms with van der Waals surface area (Å²) in [7, 11) is 0. The second kappa shape index (κ2) is 7.84. The summed E-state index contributed by atoms with van der Waals surface area (Å²) in [6.45, 7) is 2.91. The van der Waals surface area contributed by atoms with Crippen molar-refractivity contribution in [2.75, 3.05) is 11.9 Å². The van der Waals surface area contributed by atoms with Crippen LogP contribution in [0.5, 0.6) is 11.5 Å². The summed E-state index contributed by atoms with van der Waals surface area (Å²) in [6, 6.07) is 15.1. The lowest BCUT2D eigenvalue weighted by Crippen LogP contribution is -2.06. The van der Waals surface area contributed by atoms with Crippen LogP contribution in [0.2, 0.25) is 0 Å². The molecule has 0 radical (unpaired) electrons. The summed E-state index contributed by atoms with van der Waals surface area (Å²) in [4.78, 5) is 11.9. The van der Waals surface area contributed by atoms with Gasteiger partial charge in [0.2, 0.25) is 0 Å². The molecule has 0 spiro atoms. The normalized spacial score (nSPS) is 10.2. The minimum atomic E-state index is -0.0129. The van der Waals surface area contributed by atoms with Gasteiger partial charge in [-0.15, -0.1) is 0 Å². The second-order valence-corrected chi connectivity index (χ2v) is 4.98. The lowest BCUT2D eigenvalue weighted by atomic mass is 10.1. The number of alkyl halides is 1. The molecule has 2 aromatic rings. The van der Waals surface area contributed by atoms with Crippen LogP contribution in [0.1, 0.15) is 22.8 Å². The third-order valence-corrected chi connectivity index (χ3v) is 3.43. The highest BCUT2D eigenvalue weighted by Gasteiger charge is 2.13. The number of carbonyl (C=O) groups excluding carboxylic acids is 1. The van der Waals surface area contributed by atoms with Gasteiger partial charge in [-0.1, -0.05) is 46.3 Å². The topological polar surface area (TPSA) is 35.5 Å². The van der Waals surface area contributed by atoms with E-state index < -0.39 is 0 Å². The quantitative estimate of drug-likeness (QED) is 0.554. The number of ketones is 1. The molecule has 0 amide bonds. The third kappa shape index (κ3) is 4.33. The summed E-state index contributed by atoms with van der Waals surface area (Å²) in [5, 5.41) is 0.267. The van der Waals surface area contributed by atoms with Crippen LogP contribution in [-0.4, -0.2) is 17.7 Å². The molecule has 0 N–H and O–H groups in total. The van der Waals surface area contributed by atoms with E-state index in [4.69, 9.17) is 9.47 Å². The molecule has 0 aromatic heterocycles. The fourth-order valence-corrected chi connectivity index (χ4v) is 2.22. The minimum Gasteiger partial charge on any atom is -0.494 e. The molecule has 110 valence electrons. The Kier molecular flexibility index (Phi) is 5.81. The molecule has 0 unspecified atom stereocenters. The maximum atomic E-state index is 11.9. The fraction of sp³-hybridized carbons (Fsp3) is 0.235. The monoisotopic (exact) mass is 348 g/mol. The van der Waals surface area contributed by atoms with Gasteiger partial charge in [0.25, 0.3) is 0 Å². The number of rotatable bonds is 7. The molecular weight excluding hydrogens is 332 g/mol. The molecular formula is C17H17BrO3. The number of Topliss-reactive ketones (excluding diaryl/α,β-unsaturated/α-hetero) is 1. The van der Waals surface area contributed by atoms with Crippen LogP contribution in [0.15, 0.2) is 48.5 Å². The lowest BCUT2D eigenvalue weighted by molar-refractivity contribution is 0.101. The Morgan fingerprint density at radius 2 is 1.86 bits per heavy atom. The molecule has 3 nitrogen and oxygen atoms in total. The molecule has 4 heteroatoms. The first kappa shape index (κ1) is 15.6. The number of hydrogen-bond acceptors (Lipinski definition) is 3. The van der Waals surface area contributed by atoms with Crippen LogP contribution in [0.3, 0.4) is 0 Å². The van der Waals surface area contributed by atoms with Gasteiger partial charge in [0.05, 0.1) is 17.5 Å². The van der Waals surface area contributed by atoms with Crippen LogP contribution in [-0.2, 0) is 6.61 Å². The summed E-state index contributed by atoms with van der Waals surface area (Å²) in [5.41, 5.74) is 1.61. The molecule has 0 saturated carbocycles. The molecule has 0 aliphatic carbocycles. The zero-order valence-corrected chi connectivity index (χ0v) is 13.4. The number of benzene rings is 2. The molecule has 0 bridgehead atoms. The van der Waals surface area contributed by atoms with Gasteiger partial charge in [-0.05, 0) is 24.6 Å². The molecule has 0 saturated heterocycles. The van der Waals surface area contributed by atoms with E-state index in [9.17, 15) is 4.79 Å². The van der Waals surface area contributed by atoms with Crippen molar-refractivity contribution >= 4 is 21.7 Å². The van der Waals surface area contributed by atoms with Gasteiger partial charge in [-0.2, -0.15) is 0 Å². The smallest absolute Gasteiger partial charge is 0.177 e. The average molecular weight is 349 g/mol. The van der Waals surface area contributed by atoms with Crippen LogP contribution in [0, 0.1) is 0 Å². The zero-order chi connectivity index (χ0) is 15.1. The first-order valence-electron chi connectivity index (χ1n) is 6.77. The number of hydrogen-bond donors (Lipinski definition) is 0. The van der Waals surface area contributed by atoms with Gasteiger partial charge in [-0.25, -0.2) is 0 Å². The van der Waals surface area contributed by atoms with E-state index in [1.54, 1.807) is 18.2 Å². The van der Waals surface area contributed by atoms with Gasteiger partial charge >= 0.3 is 0 Å². The standard InChI is InChI=1S/C17H17BrO3/c1-2-20-14-8-9-15(16(19)11-18)17(10-14)21-12-13-6-4-3-5-7-13/h3-10H,2,11-12H2,1H3. The zero-order valence-electron chi connectivity index (χ0n) is 11.8. The van der Waals surface area contributed by atoms with Crippen molar-refractivity contribution in [3.63, 3.8) is 0 Å². The highest BCUT2D eigenvalue weighted by atomic mass is 79.9. The molecule has 2 rings (SSSR count). The average Bonchev–Trinajstić information content (AvgIpc) is 2.53. The summed E-state index contributed by atoms with van der Waals surface area (Å²) in [5.74, 6) is 1.24. The molecule has 2 aromatic carbocycles. The summed E-state index contributed by atoms with van der Waals surface area (Å²) < 4.78 is 11.3. The Balaban J connectivity index is 2.21. The van der Waals surface area contributed by atoms with Crippen molar-refractivity contribution in [3.8, 4) is 11.5 Å². The first-order chi connectivity index (χ1) is 10.2. The van der Waals surface area contributed by atoms with E-state index in [-0.39, 0.29) is 11.1 Å². The van der Waals surface area contributed by atoms with E-state index in [2.05, 4.69) is 15.9 Å². The van der Waals surface area contributed by atoms with Crippen molar-refractivity contribution in [1.82, 2.24) is 0 Å². The van der Waals surface area contributed by atoms with E-state index in [1.807, 2.05) is 37.3 Å². The van der Waals surface area contributed by atoms with E-state index in [1.165, 1.54) is 0 Å². The molecule has 0 aliphatic rings. The predicted octanol–water partition coefficient (Wildman–Crippen LogP) is 4.24. The van der Waals surface area contributed by atoms with Crippen molar-refractivity contribution in [2.24, 2.45) is 0 Å². The van der Waals surface area contributed by atoms with Crippen molar-refractivity contribution in [2.45, 2.75) is 13.5 Å². The van der Waals surface area contributed by atoms with Gasteiger partial charge in [0, 0.05) is 6.07 Å². The van der Waals surface area contributed by atoms with Gasteiger partial charge in [0.15, 0.2) is 5.78 Å². The van der Waals surface area contributed by atoms with E-state index in [0.29, 0.717) is 30.3 Å². The highest BCUT2D eigenvalue weighted by molar-refractivity contribution is 9.09. The fourth-order valence-electron chi connectivity index (χ4n) is 1.92. The van der Waals surface area contributed by atoms with Gasteiger partial charge in [0.1, 0.15) is 18.1 Å². The molecule has 0 aliphatic heterocycles. The van der Waals surface area contributed by atoms with Crippen LogP contribution in [0.25, 0.3) is 0 Å². The van der Waals surface area contributed by atoms with E-state index >= 15 is 0 Å². The molecule has 0 fully saturated rings. The third-order valence-electron chi connectivity index (χ3n) is 2.92. The predicted molar refractivity (Wildman–Crippen MR) is 86.5 cm³/mol. The second-order valence-electron chi connectivity index (χ2n) is 4.42. The van der Waals surface area contributed by atoms with Crippen molar-refractivity contribution in [1.29, 1.82) is 0 Å². The van der Waals surface area contributed by atoms with Gasteiger partial charge < -0.3 is 9.47 Å². The SMILES string of the molecule is CCOc1ccc(C(=O)CBr)c(OCc2ccccc2)c1. The van der Waals surface area contributed by atoms with Crippen molar-refractivity contribution < 1.29 is 14.3 Å². The lowest BCUT2D eigenvalue weighted by Gasteiger charge is -2.12. The number of halogens is 1. The molecule has 0 heterocycles. The number of ether oxygens (including phenoxy) is 2. The highest BCUT2D eigenvalue weighted by Crippen LogP contribution is 2.27. The number of carbonyl (C=O) groups is 1. The van der Waals surface area contributed by atoms with Crippen molar-refractivity contribution in [3.05, 3.63) is 59.7 Å². The van der Waals surface area contributed by atoms with Crippen LogP contribution >= 0.6 is 15.9 Å². The Bertz CT molecular complexity index is 596. The minimum absolute atomic E-state index is 0.0129. The largest absolute Gasteiger partial charge is 0.494 e. The molecule has 21 heavy (non-hydrogen) atoms. The van der Waals surface area contributed by atoms with Crippen LogP contribution in [0.4, 0.5) is 0 Å². The Labute approximate surface area is 133 Å². The van der Waals surface area contributed by atoms with E-state index in [0.717, 1.165) is 5.56 Å². The Morgan fingerprint density at radius 1 is 1.10 bits per heavy atom. The maximum absolute atomic E-state index is 11.9. The van der Waals surface area contributed by atoms with Crippen LogP contribution < -0.4 is 9.47 Å². The first-order valence-corrected chi connectivity index (χ1v) is 7.89. The summed E-state index contributed by atoms with van der Waals surface area (Å²) >= 11 is 3.19. The molecule has 0 atom stereocenters. The summed E-state index contributed by atoms with van der Waals surface area (Å²) in [6.07, 6.45) is 0. The Morgan fingerprint density at radius 3 is 2.52 bits per heavy atom. The maximum Gasteiger partial charge on any atom is 0.177 e. The Hall–Kier alpha value is -1.81. The van der Waals surface area contributed by atoms with Gasteiger partial charge in [-0.3, -0.25) is 4.79 Å².